The van der Waals surface area contributed by atoms with Gasteiger partial charge in [-0.2, -0.15) is 0 Å². The molecule has 0 rings (SSSR count). The molecule has 0 atom stereocenters. The van der Waals surface area contributed by atoms with E-state index >= 15 is 0 Å². The topological polar surface area (TPSA) is 9.23 Å². The first-order chi connectivity index (χ1) is 5.31. The van der Waals surface area contributed by atoms with Crippen molar-refractivity contribution in [1.82, 2.24) is 0 Å². The largest absolute Gasteiger partial charge is 0.365 e. The van der Waals surface area contributed by atoms with Crippen LogP contribution in [0.5, 0.6) is 0 Å². The molecule has 0 heterocycles. The predicted octanol–water partition coefficient (Wildman–Crippen LogP) is 2.16. The molecule has 0 saturated carbocycles. The van der Waals surface area contributed by atoms with Gasteiger partial charge in [-0.25, -0.2) is 0 Å². The van der Waals surface area contributed by atoms with E-state index in [1.54, 1.807) is 0 Å². The van der Waals surface area contributed by atoms with E-state index in [9.17, 15) is 0 Å². The number of hydrogen-bond acceptors (Lipinski definition) is 1. The maximum atomic E-state index is 5.05. The molecule has 0 amide bonds. The highest BCUT2D eigenvalue weighted by atomic mass is 16.5. The van der Waals surface area contributed by atoms with E-state index in [-0.39, 0.29) is 0 Å². The maximum absolute atomic E-state index is 5.05. The summed E-state index contributed by atoms with van der Waals surface area (Å²) in [5.74, 6) is 2.40. The van der Waals surface area contributed by atoms with Gasteiger partial charge in [-0.05, 0) is 13.8 Å². The van der Waals surface area contributed by atoms with Crippen molar-refractivity contribution in [3.63, 3.8) is 0 Å². The van der Waals surface area contributed by atoms with Crippen LogP contribution >= 0.6 is 0 Å². The summed E-state index contributed by atoms with van der Waals surface area (Å²) in [6.45, 7) is 5.00. The Kier molecular flexibility index (Phi) is 6.46. The first-order valence-electron chi connectivity index (χ1n) is 3.62. The molecule has 11 heavy (non-hydrogen) atoms. The lowest BCUT2D eigenvalue weighted by Gasteiger charge is -1.94. The molecule has 0 aliphatic heterocycles. The Balaban J connectivity index is 3.50. The molecule has 0 spiro atoms. The van der Waals surface area contributed by atoms with E-state index < -0.39 is 0 Å². The van der Waals surface area contributed by atoms with Crippen LogP contribution in [-0.2, 0) is 4.74 Å². The molecule has 1 heteroatoms. The Morgan fingerprint density at radius 3 is 2.91 bits per heavy atom. The molecule has 0 N–H and O–H groups in total. The second kappa shape index (κ2) is 7.11. The van der Waals surface area contributed by atoms with Crippen LogP contribution in [-0.4, -0.2) is 13.2 Å². The van der Waals surface area contributed by atoms with Crippen molar-refractivity contribution >= 4 is 0 Å². The number of rotatable bonds is 4. The van der Waals surface area contributed by atoms with E-state index in [1.165, 1.54) is 5.57 Å². The zero-order valence-electron chi connectivity index (χ0n) is 7.13. The summed E-state index contributed by atoms with van der Waals surface area (Å²) in [5, 5.41) is 0. The van der Waals surface area contributed by atoms with Crippen molar-refractivity contribution in [2.45, 2.75) is 13.8 Å². The van der Waals surface area contributed by atoms with E-state index in [0.29, 0.717) is 13.2 Å². The monoisotopic (exact) mass is 150 g/mol. The Bertz CT molecular complexity index is 182. The molecule has 0 radical (unpaired) electrons. The summed E-state index contributed by atoms with van der Waals surface area (Å²) in [7, 11) is 0. The third-order valence-corrected chi connectivity index (χ3v) is 1.14. The third kappa shape index (κ3) is 6.89. The molecule has 0 bridgehead atoms. The van der Waals surface area contributed by atoms with Gasteiger partial charge in [-0.3, -0.25) is 0 Å². The summed E-state index contributed by atoms with van der Waals surface area (Å²) in [5.41, 5.74) is 1.20. The van der Waals surface area contributed by atoms with Crippen LogP contribution in [0.25, 0.3) is 0 Å². The first kappa shape index (κ1) is 10.0. The minimum Gasteiger partial charge on any atom is -0.365 e. The fourth-order valence-corrected chi connectivity index (χ4v) is 0.639. The van der Waals surface area contributed by atoms with Gasteiger partial charge in [0.15, 0.2) is 0 Å². The van der Waals surface area contributed by atoms with Crippen molar-refractivity contribution in [2.75, 3.05) is 13.2 Å². The first-order valence-corrected chi connectivity index (χ1v) is 3.62. The lowest BCUT2D eigenvalue weighted by Crippen LogP contribution is -1.90. The Labute approximate surface area is 68.8 Å². The average molecular weight is 150 g/mol. The van der Waals surface area contributed by atoms with Gasteiger partial charge in [-0.1, -0.05) is 29.7 Å². The van der Waals surface area contributed by atoms with Gasteiger partial charge in [0.1, 0.15) is 6.61 Å². The third-order valence-electron chi connectivity index (χ3n) is 1.14. The van der Waals surface area contributed by atoms with Gasteiger partial charge in [-0.15, -0.1) is 6.42 Å². The normalized spacial score (nSPS) is 11.9. The fraction of sp³-hybridized carbons (Fsp3) is 0.400. The molecular formula is C10H14O. The van der Waals surface area contributed by atoms with Crippen molar-refractivity contribution in [2.24, 2.45) is 0 Å². The number of hydrogen-bond donors (Lipinski definition) is 0. The summed E-state index contributed by atoms with van der Waals surface area (Å²) in [6, 6.07) is 0. The summed E-state index contributed by atoms with van der Waals surface area (Å²) < 4.78 is 5.05. The summed E-state index contributed by atoms with van der Waals surface area (Å²) in [6.07, 6.45) is 11.0. The van der Waals surface area contributed by atoms with Crippen molar-refractivity contribution in [3.05, 3.63) is 23.8 Å². The van der Waals surface area contributed by atoms with Crippen LogP contribution in [0.2, 0.25) is 0 Å². The fourth-order valence-electron chi connectivity index (χ4n) is 0.639. The number of terminal acetylenes is 1. The van der Waals surface area contributed by atoms with Gasteiger partial charge in [0.2, 0.25) is 0 Å². The minimum atomic E-state index is 0.389. The Morgan fingerprint density at radius 1 is 1.64 bits per heavy atom. The second-order valence-corrected chi connectivity index (χ2v) is 2.17. The predicted molar refractivity (Wildman–Crippen MR) is 48.2 cm³/mol. The van der Waals surface area contributed by atoms with Crippen LogP contribution in [0.1, 0.15) is 13.8 Å². The van der Waals surface area contributed by atoms with Crippen molar-refractivity contribution < 1.29 is 4.74 Å². The van der Waals surface area contributed by atoms with Gasteiger partial charge in [0, 0.05) is 0 Å². The highest BCUT2D eigenvalue weighted by molar-refractivity contribution is 5.14. The molecule has 0 unspecified atom stereocenters. The summed E-state index contributed by atoms with van der Waals surface area (Å²) in [4.78, 5) is 0. The highest BCUT2D eigenvalue weighted by Crippen LogP contribution is 1.93. The van der Waals surface area contributed by atoms with Gasteiger partial charge in [0.05, 0.1) is 6.61 Å². The quantitative estimate of drug-likeness (QED) is 0.339. The van der Waals surface area contributed by atoms with Gasteiger partial charge >= 0.3 is 0 Å². The molecule has 60 valence electrons. The van der Waals surface area contributed by atoms with Crippen LogP contribution in [0.3, 0.4) is 0 Å². The molecular weight excluding hydrogens is 136 g/mol. The zero-order valence-corrected chi connectivity index (χ0v) is 7.13. The molecule has 0 fully saturated rings. The number of ether oxygens (including phenoxy) is 1. The zero-order chi connectivity index (χ0) is 8.53. The Hall–Kier alpha value is -1.00. The number of allylic oxidation sites excluding steroid dienone is 3. The van der Waals surface area contributed by atoms with Crippen LogP contribution < -0.4 is 0 Å². The standard InChI is InChI=1S/C10H14O/c1-4-6-10(3)7-9-11-8-5-2/h2,4,6-7H,8-9H2,1,3H3/b6-4+,10-7+. The smallest absolute Gasteiger partial charge is 0.107 e. The van der Waals surface area contributed by atoms with Gasteiger partial charge < -0.3 is 4.74 Å². The summed E-state index contributed by atoms with van der Waals surface area (Å²) >= 11 is 0. The van der Waals surface area contributed by atoms with Crippen LogP contribution in [0, 0.1) is 12.3 Å². The molecule has 0 aromatic carbocycles. The molecule has 0 aromatic rings. The molecule has 0 saturated heterocycles. The lowest BCUT2D eigenvalue weighted by atomic mass is 10.3. The van der Waals surface area contributed by atoms with Crippen LogP contribution in [0.4, 0.5) is 0 Å². The average Bonchev–Trinajstić information content (AvgIpc) is 1.99. The molecule has 0 aliphatic rings. The van der Waals surface area contributed by atoms with E-state index in [4.69, 9.17) is 11.2 Å². The minimum absolute atomic E-state index is 0.389. The van der Waals surface area contributed by atoms with Crippen LogP contribution in [0.15, 0.2) is 23.8 Å². The highest BCUT2D eigenvalue weighted by Gasteiger charge is 1.80. The van der Waals surface area contributed by atoms with E-state index in [2.05, 4.69) is 5.92 Å². The second-order valence-electron chi connectivity index (χ2n) is 2.17. The van der Waals surface area contributed by atoms with Crippen molar-refractivity contribution in [1.29, 1.82) is 0 Å². The van der Waals surface area contributed by atoms with E-state index in [0.717, 1.165) is 0 Å². The van der Waals surface area contributed by atoms with Gasteiger partial charge in [0.25, 0.3) is 0 Å². The molecule has 0 aliphatic carbocycles. The SMILES string of the molecule is C#CCOC/C=C(C)/C=C/C. The molecule has 0 aromatic heterocycles. The molecule has 1 nitrogen and oxygen atoms in total. The van der Waals surface area contributed by atoms with Crippen molar-refractivity contribution in [3.8, 4) is 12.3 Å². The maximum Gasteiger partial charge on any atom is 0.107 e. The Morgan fingerprint density at radius 2 is 2.36 bits per heavy atom. The van der Waals surface area contributed by atoms with E-state index in [1.807, 2.05) is 32.1 Å². The lowest BCUT2D eigenvalue weighted by molar-refractivity contribution is 0.199.